The van der Waals surface area contributed by atoms with E-state index in [2.05, 4.69) is 301 Å². The van der Waals surface area contributed by atoms with E-state index in [0.717, 1.165) is 176 Å². The fourth-order valence-electron chi connectivity index (χ4n) is 15.1. The van der Waals surface area contributed by atoms with Crippen LogP contribution in [-0.4, -0.2) is 0 Å². The van der Waals surface area contributed by atoms with Crippen molar-refractivity contribution in [1.29, 1.82) is 0 Å². The number of furan rings is 4. The van der Waals surface area contributed by atoms with Crippen LogP contribution in [0.15, 0.2) is 321 Å². The highest BCUT2D eigenvalue weighted by atomic mass is 16.3. The van der Waals surface area contributed by atoms with Gasteiger partial charge in [0.25, 0.3) is 0 Å². The standard InChI is InChI=1S/C86H50N2O4/c1-3-21-51(22-4-1)81-65-31-11-7-25-57(65)59-27-9-13-33-67(59)83(81)87(73-37-19-35-69-61-29-15-17-39-75(61)91-85(69)73)55-41-43-63-71-45-53-48-78-72(46-54(53)47-77(71)89-79(63)49-55)64-44-42-56(50-80(64)90-78)88(74-38-20-36-70-62-30-16-18-40-76(62)92-86(70)74)84-68-34-14-10-28-60(68)58-26-8-12-32-66(58)82(84)52-23-5-2-6-24-52/h1-50H. The van der Waals surface area contributed by atoms with Gasteiger partial charge in [-0.15, -0.1) is 0 Å². The lowest BCUT2D eigenvalue weighted by Gasteiger charge is -2.30. The Balaban J connectivity index is 0.775. The van der Waals surface area contributed by atoms with Crippen LogP contribution in [0.2, 0.25) is 0 Å². The third-order valence-electron chi connectivity index (χ3n) is 19.1. The Hall–Kier alpha value is -12.4. The van der Waals surface area contributed by atoms with Crippen molar-refractivity contribution in [3.8, 4) is 22.3 Å². The van der Waals surface area contributed by atoms with Crippen molar-refractivity contribution in [2.45, 2.75) is 0 Å². The molecule has 4 aromatic heterocycles. The predicted molar refractivity (Wildman–Crippen MR) is 383 cm³/mol. The monoisotopic (exact) mass is 1170 g/mol. The quantitative estimate of drug-likeness (QED) is 0.141. The van der Waals surface area contributed by atoms with Crippen molar-refractivity contribution in [3.63, 3.8) is 0 Å². The maximum atomic E-state index is 7.10. The van der Waals surface area contributed by atoms with E-state index in [0.29, 0.717) is 0 Å². The number of rotatable bonds is 8. The molecule has 20 rings (SSSR count). The minimum atomic E-state index is 0.778. The van der Waals surface area contributed by atoms with E-state index in [9.17, 15) is 0 Å². The summed E-state index contributed by atoms with van der Waals surface area (Å²) in [6, 6.07) is 109. The molecule has 20 aromatic rings. The van der Waals surface area contributed by atoms with Crippen molar-refractivity contribution in [2.75, 3.05) is 9.80 Å². The van der Waals surface area contributed by atoms with E-state index in [-0.39, 0.29) is 0 Å². The Morgan fingerprint density at radius 2 is 0.522 bits per heavy atom. The number of para-hydroxylation sites is 4. The van der Waals surface area contributed by atoms with Crippen molar-refractivity contribution >= 4 is 176 Å². The van der Waals surface area contributed by atoms with Gasteiger partial charge in [-0.1, -0.05) is 218 Å². The number of fused-ring (bicyclic) bond motifs is 19. The Morgan fingerprint density at radius 3 is 0.946 bits per heavy atom. The molecule has 6 heteroatoms. The summed E-state index contributed by atoms with van der Waals surface area (Å²) in [5.41, 5.74) is 16.8. The van der Waals surface area contributed by atoms with E-state index in [1.165, 1.54) is 21.5 Å². The molecular weight excluding hydrogens is 1120 g/mol. The van der Waals surface area contributed by atoms with E-state index in [1.54, 1.807) is 0 Å². The Labute approximate surface area is 525 Å². The van der Waals surface area contributed by atoms with Gasteiger partial charge >= 0.3 is 0 Å². The van der Waals surface area contributed by atoms with Crippen LogP contribution in [0.1, 0.15) is 0 Å². The molecule has 16 aromatic carbocycles. The van der Waals surface area contributed by atoms with Crippen molar-refractivity contribution in [2.24, 2.45) is 0 Å². The fraction of sp³-hybridized carbons (Fsp3) is 0. The molecule has 0 saturated carbocycles. The van der Waals surface area contributed by atoms with Gasteiger partial charge in [-0.2, -0.15) is 0 Å². The third kappa shape index (κ3) is 7.43. The minimum absolute atomic E-state index is 0.778. The lowest BCUT2D eigenvalue weighted by Crippen LogP contribution is -2.12. The molecule has 0 aliphatic rings. The summed E-state index contributed by atoms with van der Waals surface area (Å²) in [7, 11) is 0. The van der Waals surface area contributed by atoms with Crippen LogP contribution in [0.25, 0.3) is 164 Å². The molecule has 0 N–H and O–H groups in total. The van der Waals surface area contributed by atoms with Gasteiger partial charge < -0.3 is 27.5 Å². The molecule has 0 aliphatic carbocycles. The molecule has 0 aliphatic heterocycles. The molecule has 4 heterocycles. The van der Waals surface area contributed by atoms with Gasteiger partial charge in [0.2, 0.25) is 0 Å². The second kappa shape index (κ2) is 19.6. The summed E-state index contributed by atoms with van der Waals surface area (Å²) in [6.07, 6.45) is 0. The van der Waals surface area contributed by atoms with Crippen molar-refractivity contribution in [3.05, 3.63) is 303 Å². The number of anilines is 6. The van der Waals surface area contributed by atoms with Crippen LogP contribution in [0, 0.1) is 0 Å². The van der Waals surface area contributed by atoms with E-state index in [4.69, 9.17) is 17.7 Å². The summed E-state index contributed by atoms with van der Waals surface area (Å²) < 4.78 is 28.1. The number of nitrogens with zero attached hydrogens (tertiary/aromatic N) is 2. The first-order valence-electron chi connectivity index (χ1n) is 31.3. The van der Waals surface area contributed by atoms with Crippen molar-refractivity contribution in [1.82, 2.24) is 0 Å². The maximum absolute atomic E-state index is 7.10. The molecule has 0 saturated heterocycles. The molecule has 0 radical (unpaired) electrons. The average molecular weight is 1180 g/mol. The second-order valence-electron chi connectivity index (χ2n) is 24.1. The smallest absolute Gasteiger partial charge is 0.159 e. The molecule has 0 fully saturated rings. The topological polar surface area (TPSA) is 59.0 Å². The molecule has 0 unspecified atom stereocenters. The van der Waals surface area contributed by atoms with Crippen LogP contribution in [-0.2, 0) is 0 Å². The highest BCUT2D eigenvalue weighted by Gasteiger charge is 2.30. The van der Waals surface area contributed by atoms with Crippen LogP contribution in [0.4, 0.5) is 34.1 Å². The molecule has 0 amide bonds. The maximum Gasteiger partial charge on any atom is 0.159 e. The third-order valence-corrected chi connectivity index (χ3v) is 19.1. The van der Waals surface area contributed by atoms with Gasteiger partial charge in [0.05, 0.1) is 34.1 Å². The van der Waals surface area contributed by atoms with Crippen molar-refractivity contribution < 1.29 is 17.7 Å². The summed E-state index contributed by atoms with van der Waals surface area (Å²) in [5, 5.41) is 19.7. The van der Waals surface area contributed by atoms with Crippen LogP contribution < -0.4 is 9.80 Å². The van der Waals surface area contributed by atoms with E-state index < -0.39 is 0 Å². The molecule has 6 nitrogen and oxygen atoms in total. The fourth-order valence-corrected chi connectivity index (χ4v) is 15.1. The Morgan fingerprint density at radius 1 is 0.196 bits per heavy atom. The molecule has 0 atom stereocenters. The molecule has 0 bridgehead atoms. The Kier molecular flexibility index (Phi) is 10.8. The lowest BCUT2D eigenvalue weighted by molar-refractivity contribution is 0.667. The Bertz CT molecular complexity index is 6080. The zero-order valence-electron chi connectivity index (χ0n) is 49.4. The first-order valence-corrected chi connectivity index (χ1v) is 31.3. The van der Waals surface area contributed by atoms with Gasteiger partial charge in [-0.25, -0.2) is 0 Å². The molecule has 428 valence electrons. The first-order chi connectivity index (χ1) is 45.6. The molecule has 92 heavy (non-hydrogen) atoms. The van der Waals surface area contributed by atoms with Gasteiger partial charge in [0.15, 0.2) is 11.2 Å². The zero-order chi connectivity index (χ0) is 60.1. The van der Waals surface area contributed by atoms with Crippen LogP contribution >= 0.6 is 0 Å². The highest BCUT2D eigenvalue weighted by molar-refractivity contribution is 6.26. The SMILES string of the molecule is c1ccc(-c2c(N(c3ccc4c(c3)oc3cc5cc6c(cc5cc34)oc3cc(N(c4c(-c5ccccc5)c5ccccc5c5ccccc45)c4cccc5c4oc4ccccc45)ccc36)c3cccc4c3oc3ccccc34)c3ccccc3c3ccccc23)cc1. The van der Waals surface area contributed by atoms with Gasteiger partial charge in [-0.3, -0.25) is 0 Å². The normalized spacial score (nSPS) is 12.1. The highest BCUT2D eigenvalue weighted by Crippen LogP contribution is 2.55. The number of hydrogen-bond donors (Lipinski definition) is 0. The lowest BCUT2D eigenvalue weighted by atomic mass is 9.90. The largest absolute Gasteiger partial charge is 0.456 e. The average Bonchev–Trinajstić information content (AvgIpc) is 1.14. The summed E-state index contributed by atoms with van der Waals surface area (Å²) in [5.74, 6) is 0. The summed E-state index contributed by atoms with van der Waals surface area (Å²) in [6.45, 7) is 0. The molecular formula is C86H50N2O4. The number of hydrogen-bond acceptors (Lipinski definition) is 6. The summed E-state index contributed by atoms with van der Waals surface area (Å²) >= 11 is 0. The summed E-state index contributed by atoms with van der Waals surface area (Å²) in [4.78, 5) is 4.81. The van der Waals surface area contributed by atoms with Gasteiger partial charge in [-0.05, 0) is 127 Å². The second-order valence-corrected chi connectivity index (χ2v) is 24.1. The van der Waals surface area contributed by atoms with Gasteiger partial charge in [0, 0.05) is 77.1 Å². The molecule has 0 spiro atoms. The van der Waals surface area contributed by atoms with Crippen LogP contribution in [0.3, 0.4) is 0 Å². The minimum Gasteiger partial charge on any atom is -0.456 e. The number of benzene rings is 16. The van der Waals surface area contributed by atoms with Gasteiger partial charge in [0.1, 0.15) is 33.5 Å². The van der Waals surface area contributed by atoms with E-state index in [1.807, 2.05) is 12.1 Å². The predicted octanol–water partition coefficient (Wildman–Crippen LogP) is 25.3. The van der Waals surface area contributed by atoms with E-state index >= 15 is 0 Å². The van der Waals surface area contributed by atoms with Crippen LogP contribution in [0.5, 0.6) is 0 Å². The zero-order valence-corrected chi connectivity index (χ0v) is 49.4. The first kappa shape index (κ1) is 50.6.